The van der Waals surface area contributed by atoms with E-state index >= 15 is 0 Å². The fourth-order valence-electron chi connectivity index (χ4n) is 3.28. The first-order valence-corrected chi connectivity index (χ1v) is 9.24. The monoisotopic (exact) mass is 401 g/mol. The average molecular weight is 401 g/mol. The number of aromatic nitrogens is 3. The van der Waals surface area contributed by atoms with Gasteiger partial charge in [-0.1, -0.05) is 0 Å². The van der Waals surface area contributed by atoms with Crippen molar-refractivity contribution < 1.29 is 13.2 Å². The minimum atomic E-state index is -0.577. The highest BCUT2D eigenvalue weighted by molar-refractivity contribution is 5.80. The third-order valence-electron chi connectivity index (χ3n) is 4.70. The molecule has 1 unspecified atom stereocenters. The van der Waals surface area contributed by atoms with Crippen LogP contribution in [0.1, 0.15) is 12.2 Å². The Balaban J connectivity index is 1.31. The first kappa shape index (κ1) is 18.9. The Labute approximate surface area is 166 Å². The molecule has 0 amide bonds. The topological polar surface area (TPSA) is 94.4 Å². The molecule has 29 heavy (non-hydrogen) atoms. The van der Waals surface area contributed by atoms with Gasteiger partial charge in [-0.05, 0) is 30.7 Å². The lowest BCUT2D eigenvalue weighted by molar-refractivity contribution is 0.577. The minimum absolute atomic E-state index is 0.0825. The van der Waals surface area contributed by atoms with E-state index in [2.05, 4.69) is 30.8 Å². The Hall–Kier alpha value is -3.43. The van der Waals surface area contributed by atoms with Gasteiger partial charge in [0.15, 0.2) is 11.7 Å². The molecule has 3 aromatic rings. The third-order valence-corrected chi connectivity index (χ3v) is 4.70. The zero-order valence-electron chi connectivity index (χ0n) is 15.8. The molecule has 0 spiro atoms. The molecular weight excluding hydrogens is 380 g/mol. The molecule has 1 aromatic carbocycles. The van der Waals surface area contributed by atoms with Crippen molar-refractivity contribution in [3.05, 3.63) is 54.1 Å². The summed E-state index contributed by atoms with van der Waals surface area (Å²) >= 11 is 0. The van der Waals surface area contributed by atoms with Gasteiger partial charge in [0.05, 0.1) is 18.5 Å². The fraction of sp³-hybridized carbons (Fsp3) is 0.316. The molecule has 1 aliphatic rings. The summed E-state index contributed by atoms with van der Waals surface area (Å²) in [7, 11) is 1.68. The van der Waals surface area contributed by atoms with Crippen LogP contribution in [-0.4, -0.2) is 47.3 Å². The summed E-state index contributed by atoms with van der Waals surface area (Å²) in [6.07, 6.45) is 2.38. The van der Waals surface area contributed by atoms with Crippen LogP contribution in [0.3, 0.4) is 0 Å². The van der Waals surface area contributed by atoms with Crippen molar-refractivity contribution in [3.8, 4) is 11.6 Å². The largest absolute Gasteiger partial charge is 0.461 e. The minimum Gasteiger partial charge on any atom is -0.461 e. The standard InChI is InChI=1S/C19H21F2N7O/c1-22-19(23-10-17-25-18(27-26-17)16-3-2-8-29-16)24-13-6-7-28(11-13)15-5-4-12(20)9-14(15)21/h2-5,8-9,13H,6-7,10-11H2,1H3,(H2,22,23,24)(H,25,26,27). The molecule has 1 aliphatic heterocycles. The zero-order chi connectivity index (χ0) is 20.2. The van der Waals surface area contributed by atoms with E-state index in [0.29, 0.717) is 48.7 Å². The first-order valence-electron chi connectivity index (χ1n) is 9.24. The van der Waals surface area contributed by atoms with Crippen molar-refractivity contribution in [2.75, 3.05) is 25.0 Å². The summed E-state index contributed by atoms with van der Waals surface area (Å²) in [6.45, 7) is 1.66. The molecule has 8 nitrogen and oxygen atoms in total. The molecule has 1 atom stereocenters. The number of hydrogen-bond donors (Lipinski definition) is 3. The number of nitrogens with one attached hydrogen (secondary N) is 3. The quantitative estimate of drug-likeness (QED) is 0.449. The van der Waals surface area contributed by atoms with E-state index in [1.165, 1.54) is 12.1 Å². The van der Waals surface area contributed by atoms with Crippen LogP contribution in [0.2, 0.25) is 0 Å². The van der Waals surface area contributed by atoms with Crippen molar-refractivity contribution in [1.29, 1.82) is 0 Å². The Morgan fingerprint density at radius 2 is 2.28 bits per heavy atom. The zero-order valence-corrected chi connectivity index (χ0v) is 15.8. The van der Waals surface area contributed by atoms with Crippen LogP contribution in [0.25, 0.3) is 11.6 Å². The SMILES string of the molecule is CN=C(NCc1nc(-c2ccco2)n[nH]1)NC1CCN(c2ccc(F)cc2F)C1. The second-order valence-corrected chi connectivity index (χ2v) is 6.68. The fourth-order valence-corrected chi connectivity index (χ4v) is 3.28. The van der Waals surface area contributed by atoms with Gasteiger partial charge in [0.25, 0.3) is 0 Å². The Bertz CT molecular complexity index is 986. The summed E-state index contributed by atoms with van der Waals surface area (Å²) in [6, 6.07) is 7.30. The lowest BCUT2D eigenvalue weighted by Crippen LogP contribution is -2.44. The van der Waals surface area contributed by atoms with E-state index in [1.807, 2.05) is 4.90 Å². The molecule has 0 aliphatic carbocycles. The number of halogens is 2. The van der Waals surface area contributed by atoms with Crippen molar-refractivity contribution >= 4 is 11.6 Å². The highest BCUT2D eigenvalue weighted by Crippen LogP contribution is 2.24. The highest BCUT2D eigenvalue weighted by atomic mass is 19.1. The number of furan rings is 1. The van der Waals surface area contributed by atoms with Crippen molar-refractivity contribution in [1.82, 2.24) is 25.8 Å². The summed E-state index contributed by atoms with van der Waals surface area (Å²) in [5, 5.41) is 13.5. The predicted octanol–water partition coefficient (Wildman–Crippen LogP) is 2.29. The third kappa shape index (κ3) is 4.36. The molecule has 2 aromatic heterocycles. The van der Waals surface area contributed by atoms with Crippen LogP contribution in [0.15, 0.2) is 46.0 Å². The molecule has 4 rings (SSSR count). The summed E-state index contributed by atoms with van der Waals surface area (Å²) in [5.41, 5.74) is 0.408. The number of aliphatic imine (C=N–C) groups is 1. The van der Waals surface area contributed by atoms with E-state index in [0.717, 1.165) is 12.5 Å². The molecule has 3 N–H and O–H groups in total. The second-order valence-electron chi connectivity index (χ2n) is 6.68. The summed E-state index contributed by atoms with van der Waals surface area (Å²) in [4.78, 5) is 10.5. The van der Waals surface area contributed by atoms with E-state index in [9.17, 15) is 8.78 Å². The molecule has 10 heteroatoms. The Morgan fingerprint density at radius 3 is 3.03 bits per heavy atom. The highest BCUT2D eigenvalue weighted by Gasteiger charge is 2.25. The maximum atomic E-state index is 14.0. The van der Waals surface area contributed by atoms with Gasteiger partial charge in [0, 0.05) is 32.2 Å². The van der Waals surface area contributed by atoms with Gasteiger partial charge in [-0.25, -0.2) is 13.8 Å². The van der Waals surface area contributed by atoms with Crippen LogP contribution in [-0.2, 0) is 6.54 Å². The van der Waals surface area contributed by atoms with Gasteiger partial charge in [0.1, 0.15) is 17.5 Å². The maximum absolute atomic E-state index is 14.0. The molecule has 0 bridgehead atoms. The van der Waals surface area contributed by atoms with E-state index < -0.39 is 11.6 Å². The molecule has 1 saturated heterocycles. The van der Waals surface area contributed by atoms with Gasteiger partial charge in [-0.2, -0.15) is 0 Å². The Morgan fingerprint density at radius 1 is 1.38 bits per heavy atom. The van der Waals surface area contributed by atoms with E-state index in [1.54, 1.807) is 25.4 Å². The lowest BCUT2D eigenvalue weighted by atomic mass is 10.2. The van der Waals surface area contributed by atoms with Gasteiger partial charge in [-0.3, -0.25) is 10.1 Å². The van der Waals surface area contributed by atoms with E-state index in [4.69, 9.17) is 4.42 Å². The van der Waals surface area contributed by atoms with Gasteiger partial charge < -0.3 is 20.0 Å². The summed E-state index contributed by atoms with van der Waals surface area (Å²) < 4.78 is 32.4. The van der Waals surface area contributed by atoms with Crippen LogP contribution >= 0.6 is 0 Å². The van der Waals surface area contributed by atoms with Crippen molar-refractivity contribution in [3.63, 3.8) is 0 Å². The van der Waals surface area contributed by atoms with Gasteiger partial charge in [0.2, 0.25) is 5.82 Å². The molecule has 1 fully saturated rings. The maximum Gasteiger partial charge on any atom is 0.216 e. The number of H-pyrrole nitrogens is 1. The van der Waals surface area contributed by atoms with Crippen LogP contribution < -0.4 is 15.5 Å². The number of benzene rings is 1. The number of rotatable bonds is 5. The summed E-state index contributed by atoms with van der Waals surface area (Å²) in [5.74, 6) is 1.20. The second kappa shape index (κ2) is 8.29. The Kier molecular flexibility index (Phi) is 5.41. The predicted molar refractivity (Wildman–Crippen MR) is 104 cm³/mol. The van der Waals surface area contributed by atoms with Gasteiger partial charge >= 0.3 is 0 Å². The lowest BCUT2D eigenvalue weighted by Gasteiger charge is -2.20. The number of guanidine groups is 1. The van der Waals surface area contributed by atoms with Crippen LogP contribution in [0.4, 0.5) is 14.5 Å². The van der Waals surface area contributed by atoms with Crippen molar-refractivity contribution in [2.45, 2.75) is 19.0 Å². The van der Waals surface area contributed by atoms with Crippen molar-refractivity contribution in [2.24, 2.45) is 4.99 Å². The van der Waals surface area contributed by atoms with Gasteiger partial charge in [-0.15, -0.1) is 5.10 Å². The number of nitrogens with zero attached hydrogens (tertiary/aromatic N) is 4. The first-order chi connectivity index (χ1) is 14.1. The molecule has 0 radical (unpaired) electrons. The van der Waals surface area contributed by atoms with Crippen LogP contribution in [0, 0.1) is 11.6 Å². The number of anilines is 1. The van der Waals surface area contributed by atoms with Crippen LogP contribution in [0.5, 0.6) is 0 Å². The smallest absolute Gasteiger partial charge is 0.216 e. The molecular formula is C19H21F2N7O. The average Bonchev–Trinajstić information content (AvgIpc) is 3.46. The number of aromatic amines is 1. The number of hydrogen-bond acceptors (Lipinski definition) is 5. The molecule has 3 heterocycles. The normalized spacial score (nSPS) is 17.0. The molecule has 0 saturated carbocycles. The molecule has 152 valence electrons. The van der Waals surface area contributed by atoms with E-state index in [-0.39, 0.29) is 6.04 Å².